The minimum absolute atomic E-state index is 0.235. The maximum Gasteiger partial charge on any atom is 0.312 e. The van der Waals surface area contributed by atoms with Gasteiger partial charge in [0.2, 0.25) is 0 Å². The van der Waals surface area contributed by atoms with Crippen molar-refractivity contribution in [3.05, 3.63) is 34.9 Å². The van der Waals surface area contributed by atoms with E-state index < -0.39 is 0 Å². The van der Waals surface area contributed by atoms with Crippen molar-refractivity contribution >= 4 is 17.3 Å². The van der Waals surface area contributed by atoms with Gasteiger partial charge in [0.15, 0.2) is 0 Å². The Kier molecular flexibility index (Phi) is 3.82. The zero-order chi connectivity index (χ0) is 12.1. The van der Waals surface area contributed by atoms with Gasteiger partial charge in [0.25, 0.3) is 0 Å². The number of rotatable bonds is 4. The molecule has 88 valence electrons. The van der Waals surface area contributed by atoms with Gasteiger partial charge in [-0.1, -0.05) is 0 Å². The molecule has 2 aromatic rings. The van der Waals surface area contributed by atoms with Gasteiger partial charge in [-0.25, -0.2) is 4.98 Å². The number of esters is 1. The van der Waals surface area contributed by atoms with Gasteiger partial charge in [-0.15, -0.1) is 11.3 Å². The fraction of sp³-hybridized carbons (Fsp3) is 0.250. The first kappa shape index (κ1) is 11.7. The lowest BCUT2D eigenvalue weighted by Crippen LogP contribution is -2.07. The van der Waals surface area contributed by atoms with E-state index in [9.17, 15) is 4.79 Å². The van der Waals surface area contributed by atoms with Crippen LogP contribution in [0.2, 0.25) is 0 Å². The first-order valence-corrected chi connectivity index (χ1v) is 6.18. The SMILES string of the molecule is CCOC(=O)Cc1nc(-c2cccnc2)cs1. The Bertz CT molecular complexity index is 496. The number of carbonyl (C=O) groups excluding carboxylic acids is 1. The van der Waals surface area contributed by atoms with Crippen molar-refractivity contribution < 1.29 is 9.53 Å². The summed E-state index contributed by atoms with van der Waals surface area (Å²) in [4.78, 5) is 19.7. The smallest absolute Gasteiger partial charge is 0.312 e. The molecule has 0 bridgehead atoms. The van der Waals surface area contributed by atoms with E-state index in [1.165, 1.54) is 11.3 Å². The van der Waals surface area contributed by atoms with Gasteiger partial charge in [-0.3, -0.25) is 9.78 Å². The van der Waals surface area contributed by atoms with Crippen LogP contribution in [0.15, 0.2) is 29.9 Å². The number of carbonyl (C=O) groups is 1. The van der Waals surface area contributed by atoms with Crippen LogP contribution in [0.1, 0.15) is 11.9 Å². The Morgan fingerprint density at radius 2 is 2.41 bits per heavy atom. The number of pyridine rings is 1. The van der Waals surface area contributed by atoms with E-state index >= 15 is 0 Å². The molecule has 0 saturated heterocycles. The summed E-state index contributed by atoms with van der Waals surface area (Å²) in [5.74, 6) is -0.236. The van der Waals surface area contributed by atoms with Crippen LogP contribution in [0.4, 0.5) is 0 Å². The predicted octanol–water partition coefficient (Wildman–Crippen LogP) is 2.31. The molecule has 4 nitrogen and oxygen atoms in total. The van der Waals surface area contributed by atoms with Crippen molar-refractivity contribution in [2.45, 2.75) is 13.3 Å². The second-order valence-corrected chi connectivity index (χ2v) is 4.29. The molecule has 0 aliphatic carbocycles. The minimum atomic E-state index is -0.236. The highest BCUT2D eigenvalue weighted by atomic mass is 32.1. The lowest BCUT2D eigenvalue weighted by Gasteiger charge is -1.98. The first-order valence-electron chi connectivity index (χ1n) is 5.30. The molecule has 0 aliphatic heterocycles. The molecule has 2 heterocycles. The fourth-order valence-corrected chi connectivity index (χ4v) is 2.16. The number of hydrogen-bond donors (Lipinski definition) is 0. The predicted molar refractivity (Wildman–Crippen MR) is 65.7 cm³/mol. The summed E-state index contributed by atoms with van der Waals surface area (Å²) in [6.07, 6.45) is 3.71. The van der Waals surface area contributed by atoms with Gasteiger partial charge in [0, 0.05) is 23.3 Å². The Balaban J connectivity index is 2.09. The lowest BCUT2D eigenvalue weighted by molar-refractivity contribution is -0.142. The number of thiazole rings is 1. The van der Waals surface area contributed by atoms with Crippen LogP contribution >= 0.6 is 11.3 Å². The van der Waals surface area contributed by atoms with Crippen LogP contribution in [0.5, 0.6) is 0 Å². The molecule has 0 radical (unpaired) electrons. The number of ether oxygens (including phenoxy) is 1. The van der Waals surface area contributed by atoms with Crippen molar-refractivity contribution in [1.29, 1.82) is 0 Å². The van der Waals surface area contributed by atoms with Crippen molar-refractivity contribution in [3.8, 4) is 11.3 Å². The molecule has 5 heteroatoms. The van der Waals surface area contributed by atoms with Crippen LogP contribution in [0.3, 0.4) is 0 Å². The molecule has 0 saturated carbocycles. The molecule has 2 aromatic heterocycles. The summed E-state index contributed by atoms with van der Waals surface area (Å²) in [5, 5.41) is 2.69. The third-order valence-corrected chi connectivity index (χ3v) is 2.96. The van der Waals surface area contributed by atoms with Crippen molar-refractivity contribution in [2.24, 2.45) is 0 Å². The van der Waals surface area contributed by atoms with Crippen molar-refractivity contribution in [3.63, 3.8) is 0 Å². The Hall–Kier alpha value is -1.75. The van der Waals surface area contributed by atoms with E-state index in [0.29, 0.717) is 6.61 Å². The zero-order valence-corrected chi connectivity index (χ0v) is 10.2. The second kappa shape index (κ2) is 5.54. The van der Waals surface area contributed by atoms with Crippen LogP contribution in [0, 0.1) is 0 Å². The minimum Gasteiger partial charge on any atom is -0.466 e. The molecule has 0 aliphatic rings. The molecule has 0 amide bonds. The summed E-state index contributed by atoms with van der Waals surface area (Å²) in [6, 6.07) is 3.80. The monoisotopic (exact) mass is 248 g/mol. The van der Waals surface area contributed by atoms with Crippen molar-refractivity contribution in [2.75, 3.05) is 6.61 Å². The van der Waals surface area contributed by atoms with Gasteiger partial charge in [0.1, 0.15) is 5.01 Å². The molecule has 0 N–H and O–H groups in total. The molecule has 0 fully saturated rings. The average molecular weight is 248 g/mol. The number of hydrogen-bond acceptors (Lipinski definition) is 5. The molecular weight excluding hydrogens is 236 g/mol. The van der Waals surface area contributed by atoms with Crippen LogP contribution in [0.25, 0.3) is 11.3 Å². The van der Waals surface area contributed by atoms with Crippen molar-refractivity contribution in [1.82, 2.24) is 9.97 Å². The summed E-state index contributed by atoms with van der Waals surface area (Å²) in [5.41, 5.74) is 1.81. The summed E-state index contributed by atoms with van der Waals surface area (Å²) >= 11 is 1.46. The van der Waals surface area contributed by atoms with Crippen LogP contribution in [-0.4, -0.2) is 22.5 Å². The fourth-order valence-electron chi connectivity index (χ4n) is 1.37. The zero-order valence-electron chi connectivity index (χ0n) is 9.42. The van der Waals surface area contributed by atoms with E-state index in [-0.39, 0.29) is 12.4 Å². The second-order valence-electron chi connectivity index (χ2n) is 3.35. The van der Waals surface area contributed by atoms with Gasteiger partial charge in [-0.05, 0) is 19.1 Å². The third-order valence-electron chi connectivity index (χ3n) is 2.11. The molecule has 0 spiro atoms. The van der Waals surface area contributed by atoms with E-state index in [2.05, 4.69) is 9.97 Å². The largest absolute Gasteiger partial charge is 0.466 e. The highest BCUT2D eigenvalue weighted by Crippen LogP contribution is 2.21. The Labute approximate surface area is 103 Å². The first-order chi connectivity index (χ1) is 8.29. The summed E-state index contributed by atoms with van der Waals surface area (Å²) < 4.78 is 4.88. The standard InChI is InChI=1S/C12H12N2O2S/c1-2-16-12(15)6-11-14-10(8-17-11)9-4-3-5-13-7-9/h3-5,7-8H,2,6H2,1H3. The molecule has 0 aromatic carbocycles. The van der Waals surface area contributed by atoms with E-state index in [1.54, 1.807) is 19.3 Å². The normalized spacial score (nSPS) is 10.2. The summed E-state index contributed by atoms with van der Waals surface area (Å²) in [7, 11) is 0. The highest BCUT2D eigenvalue weighted by Gasteiger charge is 2.09. The van der Waals surface area contributed by atoms with Crippen LogP contribution < -0.4 is 0 Å². The van der Waals surface area contributed by atoms with Gasteiger partial charge >= 0.3 is 5.97 Å². The third kappa shape index (κ3) is 3.10. The topological polar surface area (TPSA) is 52.1 Å². The maximum atomic E-state index is 11.3. The van der Waals surface area contributed by atoms with Gasteiger partial charge < -0.3 is 4.74 Å². The Morgan fingerprint density at radius 1 is 1.53 bits per heavy atom. The molecule has 0 atom stereocenters. The highest BCUT2D eigenvalue weighted by molar-refractivity contribution is 7.10. The molecule has 17 heavy (non-hydrogen) atoms. The van der Waals surface area contributed by atoms with E-state index in [0.717, 1.165) is 16.3 Å². The van der Waals surface area contributed by atoms with E-state index in [4.69, 9.17) is 4.74 Å². The molecule has 0 unspecified atom stereocenters. The number of aromatic nitrogens is 2. The Morgan fingerprint density at radius 3 is 3.12 bits per heavy atom. The molecular formula is C12H12N2O2S. The lowest BCUT2D eigenvalue weighted by atomic mass is 10.2. The van der Waals surface area contributed by atoms with Crippen LogP contribution in [-0.2, 0) is 16.0 Å². The molecule has 2 rings (SSSR count). The van der Waals surface area contributed by atoms with Gasteiger partial charge in [0.05, 0.1) is 18.7 Å². The van der Waals surface area contributed by atoms with Gasteiger partial charge in [-0.2, -0.15) is 0 Å². The number of nitrogens with zero attached hydrogens (tertiary/aromatic N) is 2. The maximum absolute atomic E-state index is 11.3. The van der Waals surface area contributed by atoms with E-state index in [1.807, 2.05) is 17.5 Å². The summed E-state index contributed by atoms with van der Waals surface area (Å²) in [6.45, 7) is 2.19. The quantitative estimate of drug-likeness (QED) is 0.779. The average Bonchev–Trinajstić information content (AvgIpc) is 2.79.